The highest BCUT2D eigenvalue weighted by molar-refractivity contribution is 6.00. The van der Waals surface area contributed by atoms with E-state index in [0.717, 1.165) is 31.2 Å². The molecule has 4 N–H and O–H groups in total. The van der Waals surface area contributed by atoms with Gasteiger partial charge in [0.05, 0.1) is 17.9 Å². The lowest BCUT2D eigenvalue weighted by atomic mass is 9.88. The SMILES string of the molecule is Cc1ccc(NC(=O)C2CCCCC2)c(NC(=O)CN)c1. The van der Waals surface area contributed by atoms with Crippen LogP contribution in [0, 0.1) is 12.8 Å². The Morgan fingerprint density at radius 2 is 1.86 bits per heavy atom. The average Bonchev–Trinajstić information content (AvgIpc) is 2.50. The summed E-state index contributed by atoms with van der Waals surface area (Å²) in [5.41, 5.74) is 7.58. The third kappa shape index (κ3) is 4.29. The zero-order valence-electron chi connectivity index (χ0n) is 12.4. The first-order valence-corrected chi connectivity index (χ1v) is 7.51. The molecule has 0 aromatic heterocycles. The van der Waals surface area contributed by atoms with Crippen molar-refractivity contribution >= 4 is 23.2 Å². The number of nitrogens with one attached hydrogen (secondary N) is 2. The van der Waals surface area contributed by atoms with Crippen molar-refractivity contribution in [3.8, 4) is 0 Å². The highest BCUT2D eigenvalue weighted by Gasteiger charge is 2.21. The van der Waals surface area contributed by atoms with Gasteiger partial charge in [-0.15, -0.1) is 0 Å². The lowest BCUT2D eigenvalue weighted by molar-refractivity contribution is -0.120. The zero-order chi connectivity index (χ0) is 15.2. The van der Waals surface area contributed by atoms with E-state index >= 15 is 0 Å². The smallest absolute Gasteiger partial charge is 0.238 e. The van der Waals surface area contributed by atoms with Crippen LogP contribution in [-0.4, -0.2) is 18.4 Å². The molecule has 0 saturated heterocycles. The highest BCUT2D eigenvalue weighted by atomic mass is 16.2. The van der Waals surface area contributed by atoms with Crippen molar-refractivity contribution in [2.75, 3.05) is 17.2 Å². The molecule has 114 valence electrons. The number of nitrogens with two attached hydrogens (primary N) is 1. The second-order valence-electron chi connectivity index (χ2n) is 5.63. The van der Waals surface area contributed by atoms with E-state index in [-0.39, 0.29) is 24.3 Å². The van der Waals surface area contributed by atoms with Gasteiger partial charge in [0.1, 0.15) is 0 Å². The van der Waals surface area contributed by atoms with Crippen LogP contribution >= 0.6 is 0 Å². The summed E-state index contributed by atoms with van der Waals surface area (Å²) in [6.07, 6.45) is 5.34. The average molecular weight is 289 g/mol. The van der Waals surface area contributed by atoms with Crippen LogP contribution in [0.3, 0.4) is 0 Å². The van der Waals surface area contributed by atoms with Gasteiger partial charge in [-0.1, -0.05) is 25.3 Å². The molecular weight excluding hydrogens is 266 g/mol. The molecule has 1 aliphatic carbocycles. The Bertz CT molecular complexity index is 522. The molecule has 0 bridgehead atoms. The maximum atomic E-state index is 12.3. The predicted octanol–water partition coefficient (Wildman–Crippen LogP) is 2.41. The van der Waals surface area contributed by atoms with Crippen molar-refractivity contribution in [3.63, 3.8) is 0 Å². The molecule has 0 aliphatic heterocycles. The molecule has 0 atom stereocenters. The molecule has 1 fully saturated rings. The standard InChI is InChI=1S/C16H23N3O2/c1-11-7-8-13(14(9-11)18-15(20)10-17)19-16(21)12-5-3-2-4-6-12/h7-9,12H,2-6,10,17H2,1H3,(H,18,20)(H,19,21). The van der Waals surface area contributed by atoms with Crippen LogP contribution in [0.25, 0.3) is 0 Å². The zero-order valence-corrected chi connectivity index (χ0v) is 12.4. The fourth-order valence-corrected chi connectivity index (χ4v) is 2.67. The molecule has 0 radical (unpaired) electrons. The molecule has 5 heteroatoms. The molecule has 0 spiro atoms. The van der Waals surface area contributed by atoms with Crippen LogP contribution in [0.15, 0.2) is 18.2 Å². The highest BCUT2D eigenvalue weighted by Crippen LogP contribution is 2.28. The largest absolute Gasteiger partial charge is 0.324 e. The Labute approximate surface area is 125 Å². The number of rotatable bonds is 4. The van der Waals surface area contributed by atoms with E-state index in [1.54, 1.807) is 0 Å². The molecule has 1 aromatic carbocycles. The van der Waals surface area contributed by atoms with Gasteiger partial charge in [0.25, 0.3) is 0 Å². The van der Waals surface area contributed by atoms with Gasteiger partial charge in [0, 0.05) is 5.92 Å². The van der Waals surface area contributed by atoms with Crippen LogP contribution in [0.5, 0.6) is 0 Å². The number of hydrogen-bond acceptors (Lipinski definition) is 3. The van der Waals surface area contributed by atoms with Gasteiger partial charge in [-0.25, -0.2) is 0 Å². The van der Waals surface area contributed by atoms with Crippen molar-refractivity contribution < 1.29 is 9.59 Å². The maximum Gasteiger partial charge on any atom is 0.238 e. The first kappa shape index (κ1) is 15.5. The van der Waals surface area contributed by atoms with Crippen LogP contribution in [-0.2, 0) is 9.59 Å². The number of benzene rings is 1. The molecule has 5 nitrogen and oxygen atoms in total. The lowest BCUT2D eigenvalue weighted by Gasteiger charge is -2.21. The number of amides is 2. The molecule has 0 unspecified atom stereocenters. The van der Waals surface area contributed by atoms with Gasteiger partial charge >= 0.3 is 0 Å². The minimum atomic E-state index is -0.270. The molecule has 1 aliphatic rings. The quantitative estimate of drug-likeness (QED) is 0.795. The Hall–Kier alpha value is -1.88. The third-order valence-corrected chi connectivity index (χ3v) is 3.87. The Balaban J connectivity index is 2.10. The van der Waals surface area contributed by atoms with Crippen molar-refractivity contribution in [1.82, 2.24) is 0 Å². The summed E-state index contributed by atoms with van der Waals surface area (Å²) in [4.78, 5) is 23.8. The van der Waals surface area contributed by atoms with Crippen molar-refractivity contribution in [2.24, 2.45) is 11.7 Å². The van der Waals surface area contributed by atoms with Gasteiger partial charge in [-0.3, -0.25) is 9.59 Å². The third-order valence-electron chi connectivity index (χ3n) is 3.87. The minimum absolute atomic E-state index is 0.0433. The summed E-state index contributed by atoms with van der Waals surface area (Å²) in [7, 11) is 0. The first-order valence-electron chi connectivity index (χ1n) is 7.51. The van der Waals surface area contributed by atoms with E-state index in [1.807, 2.05) is 25.1 Å². The van der Waals surface area contributed by atoms with Gasteiger partial charge in [0.2, 0.25) is 11.8 Å². The van der Waals surface area contributed by atoms with E-state index in [2.05, 4.69) is 10.6 Å². The summed E-state index contributed by atoms with van der Waals surface area (Å²) in [6.45, 7) is 1.86. The van der Waals surface area contributed by atoms with E-state index in [0.29, 0.717) is 11.4 Å². The van der Waals surface area contributed by atoms with Crippen LogP contribution < -0.4 is 16.4 Å². The van der Waals surface area contributed by atoms with E-state index in [4.69, 9.17) is 5.73 Å². The van der Waals surface area contributed by atoms with Crippen molar-refractivity contribution in [1.29, 1.82) is 0 Å². The summed E-state index contributed by atoms with van der Waals surface area (Å²) in [6, 6.07) is 5.57. The summed E-state index contributed by atoms with van der Waals surface area (Å²) < 4.78 is 0. The molecular formula is C16H23N3O2. The Morgan fingerprint density at radius 3 is 2.52 bits per heavy atom. The Kier molecular flexibility index (Phi) is 5.33. The van der Waals surface area contributed by atoms with Gasteiger partial charge in [-0.05, 0) is 37.5 Å². The number of aryl methyl sites for hydroxylation is 1. The maximum absolute atomic E-state index is 12.3. The Morgan fingerprint density at radius 1 is 1.14 bits per heavy atom. The molecule has 1 aromatic rings. The van der Waals surface area contributed by atoms with Crippen molar-refractivity contribution in [3.05, 3.63) is 23.8 Å². The molecule has 21 heavy (non-hydrogen) atoms. The number of carbonyl (C=O) groups is 2. The monoisotopic (exact) mass is 289 g/mol. The number of carbonyl (C=O) groups excluding carboxylic acids is 2. The van der Waals surface area contributed by atoms with E-state index in [9.17, 15) is 9.59 Å². The lowest BCUT2D eigenvalue weighted by Crippen LogP contribution is -2.26. The van der Waals surface area contributed by atoms with Gasteiger partial charge < -0.3 is 16.4 Å². The minimum Gasteiger partial charge on any atom is -0.324 e. The van der Waals surface area contributed by atoms with Gasteiger partial charge in [0.15, 0.2) is 0 Å². The normalized spacial score (nSPS) is 15.5. The predicted molar refractivity (Wildman–Crippen MR) is 84.1 cm³/mol. The summed E-state index contributed by atoms with van der Waals surface area (Å²) in [5.74, 6) is -0.145. The molecule has 2 rings (SSSR count). The number of hydrogen-bond donors (Lipinski definition) is 3. The van der Waals surface area contributed by atoms with Gasteiger partial charge in [-0.2, -0.15) is 0 Å². The van der Waals surface area contributed by atoms with Crippen LogP contribution in [0.4, 0.5) is 11.4 Å². The fraction of sp³-hybridized carbons (Fsp3) is 0.500. The molecule has 2 amide bonds. The number of anilines is 2. The van der Waals surface area contributed by atoms with E-state index in [1.165, 1.54) is 6.42 Å². The summed E-state index contributed by atoms with van der Waals surface area (Å²) >= 11 is 0. The molecule has 1 saturated carbocycles. The van der Waals surface area contributed by atoms with E-state index < -0.39 is 0 Å². The summed E-state index contributed by atoms with van der Waals surface area (Å²) in [5, 5.41) is 5.67. The van der Waals surface area contributed by atoms with Crippen molar-refractivity contribution in [2.45, 2.75) is 39.0 Å². The topological polar surface area (TPSA) is 84.2 Å². The second-order valence-corrected chi connectivity index (χ2v) is 5.63. The van der Waals surface area contributed by atoms with Crippen LogP contribution in [0.2, 0.25) is 0 Å². The van der Waals surface area contributed by atoms with Crippen LogP contribution in [0.1, 0.15) is 37.7 Å². The molecule has 0 heterocycles. The fourth-order valence-electron chi connectivity index (χ4n) is 2.67. The second kappa shape index (κ2) is 7.22. The first-order chi connectivity index (χ1) is 10.1.